The molecule has 2 atom stereocenters. The minimum Gasteiger partial charge on any atom is -0.492 e. The number of hydrogen-bond acceptors (Lipinski definition) is 4. The van der Waals surface area contributed by atoms with Crippen LogP contribution in [0.25, 0.3) is 10.4 Å². The Labute approximate surface area is 112 Å². The van der Waals surface area contributed by atoms with Crippen LogP contribution in [0, 0.1) is 0 Å². The monoisotopic (exact) mass is 260 g/mol. The topological polar surface area (TPSA) is 81.5 Å². The number of ether oxygens (including phenoxy) is 1. The Morgan fingerprint density at radius 1 is 1.53 bits per heavy atom. The maximum atomic E-state index is 9.74. The molecule has 2 rings (SSSR count). The van der Waals surface area contributed by atoms with Crippen molar-refractivity contribution in [1.82, 2.24) is 4.81 Å². The fourth-order valence-electron chi connectivity index (χ4n) is 2.40. The van der Waals surface area contributed by atoms with Crippen molar-refractivity contribution >= 4 is 7.05 Å². The van der Waals surface area contributed by atoms with Gasteiger partial charge in [-0.2, -0.15) is 0 Å². The highest BCUT2D eigenvalue weighted by atomic mass is 16.5. The van der Waals surface area contributed by atoms with Crippen LogP contribution < -0.4 is 4.74 Å². The predicted octanol–water partition coefficient (Wildman–Crippen LogP) is 1.93. The first-order valence-electron chi connectivity index (χ1n) is 6.36. The van der Waals surface area contributed by atoms with Crippen molar-refractivity contribution in [2.45, 2.75) is 25.3 Å². The lowest BCUT2D eigenvalue weighted by atomic mass is 9.84. The predicted molar refractivity (Wildman–Crippen MR) is 73.8 cm³/mol. The van der Waals surface area contributed by atoms with Crippen molar-refractivity contribution in [3.8, 4) is 5.75 Å². The number of azide groups is 1. The second-order valence-electron chi connectivity index (χ2n) is 4.70. The van der Waals surface area contributed by atoms with Crippen molar-refractivity contribution in [1.29, 1.82) is 0 Å². The molecule has 0 aliphatic carbocycles. The zero-order chi connectivity index (χ0) is 13.7. The van der Waals surface area contributed by atoms with E-state index in [1.54, 1.807) is 6.82 Å². The van der Waals surface area contributed by atoms with E-state index in [1.807, 2.05) is 35.1 Å². The minimum absolute atomic E-state index is 0.0655. The van der Waals surface area contributed by atoms with Gasteiger partial charge >= 0.3 is 7.05 Å². The van der Waals surface area contributed by atoms with Crippen molar-refractivity contribution < 1.29 is 9.76 Å². The van der Waals surface area contributed by atoms with E-state index in [4.69, 9.17) is 10.3 Å². The molecule has 1 saturated heterocycles. The lowest BCUT2D eigenvalue weighted by Crippen LogP contribution is -2.43. The molecule has 0 radical (unpaired) electrons. The molecular weight excluding hydrogens is 243 g/mol. The first-order valence-corrected chi connectivity index (χ1v) is 6.36. The van der Waals surface area contributed by atoms with Gasteiger partial charge in [0, 0.05) is 11.0 Å². The largest absolute Gasteiger partial charge is 0.492 e. The van der Waals surface area contributed by atoms with E-state index in [0.717, 1.165) is 5.75 Å². The lowest BCUT2D eigenvalue weighted by molar-refractivity contribution is 0.219. The number of nitrogens with zero attached hydrogens (tertiary/aromatic N) is 4. The summed E-state index contributed by atoms with van der Waals surface area (Å²) in [6, 6.07) is 9.53. The maximum absolute atomic E-state index is 9.74. The molecule has 0 spiro atoms. The summed E-state index contributed by atoms with van der Waals surface area (Å²) >= 11 is 0. The second-order valence-corrected chi connectivity index (χ2v) is 4.70. The van der Waals surface area contributed by atoms with Crippen LogP contribution in [0.4, 0.5) is 0 Å². The van der Waals surface area contributed by atoms with Crippen molar-refractivity contribution in [2.75, 3.05) is 13.2 Å². The van der Waals surface area contributed by atoms with Crippen LogP contribution >= 0.6 is 0 Å². The van der Waals surface area contributed by atoms with Gasteiger partial charge in [-0.1, -0.05) is 23.3 Å². The van der Waals surface area contributed by atoms with Gasteiger partial charge in [0.2, 0.25) is 0 Å². The van der Waals surface area contributed by atoms with Gasteiger partial charge in [-0.15, -0.1) is 0 Å². The third-order valence-corrected chi connectivity index (χ3v) is 3.32. The molecule has 1 fully saturated rings. The average Bonchev–Trinajstić information content (AvgIpc) is 2.81. The summed E-state index contributed by atoms with van der Waals surface area (Å²) in [7, 11) is -0.566. The first-order chi connectivity index (χ1) is 9.20. The third kappa shape index (κ3) is 3.64. The van der Waals surface area contributed by atoms with E-state index in [-0.39, 0.29) is 12.1 Å². The molecule has 1 aliphatic rings. The highest BCUT2D eigenvalue weighted by molar-refractivity contribution is 6.45. The summed E-state index contributed by atoms with van der Waals surface area (Å²) in [6.45, 7) is 2.77. The van der Waals surface area contributed by atoms with E-state index in [9.17, 15) is 5.02 Å². The lowest BCUT2D eigenvalue weighted by Gasteiger charge is -2.25. The van der Waals surface area contributed by atoms with Gasteiger partial charge in [-0.3, -0.25) is 0 Å². The van der Waals surface area contributed by atoms with Crippen LogP contribution in [-0.2, 0) is 0 Å². The zero-order valence-corrected chi connectivity index (χ0v) is 10.9. The summed E-state index contributed by atoms with van der Waals surface area (Å²) in [5, 5.41) is 13.5. The van der Waals surface area contributed by atoms with Crippen LogP contribution in [-0.4, -0.2) is 42.1 Å². The molecule has 1 aliphatic heterocycles. The van der Waals surface area contributed by atoms with Crippen LogP contribution in [0.15, 0.2) is 35.4 Å². The van der Waals surface area contributed by atoms with E-state index in [1.165, 1.54) is 0 Å². The van der Waals surface area contributed by atoms with Crippen LogP contribution in [0.2, 0.25) is 6.82 Å². The summed E-state index contributed by atoms with van der Waals surface area (Å²) < 4.78 is 5.71. The highest BCUT2D eigenvalue weighted by Crippen LogP contribution is 2.22. The van der Waals surface area contributed by atoms with Crippen molar-refractivity contribution in [3.05, 3.63) is 40.8 Å². The van der Waals surface area contributed by atoms with Crippen LogP contribution in [0.5, 0.6) is 5.75 Å². The Balaban J connectivity index is 1.95. The average molecular weight is 260 g/mol. The first kappa shape index (κ1) is 13.7. The molecule has 1 aromatic rings. The standard InChI is InChI=1S/C12H17BN4O2/c1-13(18)17-8-10(15-16-14)7-11(17)9-19-12-5-3-2-4-6-12/h2-6,10-11,18H,7-9H2,1H3/t10-,11-/m1/s1. The number of rotatable bonds is 5. The van der Waals surface area contributed by atoms with Crippen LogP contribution in [0.3, 0.4) is 0 Å². The molecule has 7 heteroatoms. The van der Waals surface area contributed by atoms with E-state index in [0.29, 0.717) is 19.6 Å². The van der Waals surface area contributed by atoms with Gasteiger partial charge in [0.05, 0.1) is 6.04 Å². The number of hydrogen-bond donors (Lipinski definition) is 1. The van der Waals surface area contributed by atoms with Gasteiger partial charge in [0.15, 0.2) is 0 Å². The van der Waals surface area contributed by atoms with E-state index in [2.05, 4.69) is 10.0 Å². The van der Waals surface area contributed by atoms with E-state index >= 15 is 0 Å². The molecule has 0 amide bonds. The van der Waals surface area contributed by atoms with Gasteiger partial charge in [-0.25, -0.2) is 0 Å². The van der Waals surface area contributed by atoms with Crippen LogP contribution in [0.1, 0.15) is 6.42 Å². The molecular formula is C12H17BN4O2. The smallest absolute Gasteiger partial charge is 0.376 e. The normalized spacial score (nSPS) is 22.8. The minimum atomic E-state index is -0.566. The fraction of sp³-hybridized carbons (Fsp3) is 0.500. The maximum Gasteiger partial charge on any atom is 0.376 e. The van der Waals surface area contributed by atoms with E-state index < -0.39 is 7.05 Å². The summed E-state index contributed by atoms with van der Waals surface area (Å²) in [4.78, 5) is 4.75. The Bertz CT molecular complexity index is 450. The summed E-state index contributed by atoms with van der Waals surface area (Å²) in [5.74, 6) is 0.806. The molecule has 1 aromatic carbocycles. The van der Waals surface area contributed by atoms with Gasteiger partial charge in [0.25, 0.3) is 0 Å². The molecule has 6 nitrogen and oxygen atoms in total. The number of para-hydroxylation sites is 1. The summed E-state index contributed by atoms with van der Waals surface area (Å²) in [6.07, 6.45) is 0.710. The van der Waals surface area contributed by atoms with Crippen molar-refractivity contribution in [2.24, 2.45) is 5.11 Å². The molecule has 0 saturated carbocycles. The molecule has 0 bridgehead atoms. The third-order valence-electron chi connectivity index (χ3n) is 3.32. The quantitative estimate of drug-likeness (QED) is 0.380. The Morgan fingerprint density at radius 2 is 2.26 bits per heavy atom. The molecule has 1 N–H and O–H groups in total. The Hall–Kier alpha value is -1.69. The highest BCUT2D eigenvalue weighted by Gasteiger charge is 2.35. The zero-order valence-electron chi connectivity index (χ0n) is 10.9. The molecule has 0 unspecified atom stereocenters. The van der Waals surface area contributed by atoms with Crippen molar-refractivity contribution in [3.63, 3.8) is 0 Å². The molecule has 19 heavy (non-hydrogen) atoms. The SMILES string of the molecule is CB(O)N1C[C@H](N=[N+]=[N-])C[C@@H]1COc1ccccc1. The molecule has 0 aromatic heterocycles. The van der Waals surface area contributed by atoms with Gasteiger partial charge < -0.3 is 14.6 Å². The van der Waals surface area contributed by atoms with Gasteiger partial charge in [-0.05, 0) is 37.5 Å². The van der Waals surface area contributed by atoms with Gasteiger partial charge in [0.1, 0.15) is 12.4 Å². The Morgan fingerprint density at radius 3 is 2.89 bits per heavy atom. The molecule has 1 heterocycles. The second kappa shape index (κ2) is 6.47. The number of benzene rings is 1. The fourth-order valence-corrected chi connectivity index (χ4v) is 2.40. The Kier molecular flexibility index (Phi) is 4.68. The molecule has 100 valence electrons. The summed E-state index contributed by atoms with van der Waals surface area (Å²) in [5.41, 5.74) is 8.49.